The summed E-state index contributed by atoms with van der Waals surface area (Å²) in [7, 11) is 0. The van der Waals surface area contributed by atoms with E-state index in [1.165, 1.54) is 18.5 Å². The van der Waals surface area contributed by atoms with Gasteiger partial charge in [-0.3, -0.25) is 19.3 Å². The van der Waals surface area contributed by atoms with Crippen LogP contribution in [0.15, 0.2) is 18.2 Å². The Morgan fingerprint density at radius 3 is 2.70 bits per heavy atom. The predicted molar refractivity (Wildman–Crippen MR) is 107 cm³/mol. The Bertz CT molecular complexity index is 783. The number of nitrogens with zero attached hydrogens (tertiary/aromatic N) is 2. The summed E-state index contributed by atoms with van der Waals surface area (Å²) in [6.07, 6.45) is 3.41. The minimum Gasteiger partial charge on any atom is -0.372 e. The molecule has 3 heterocycles. The van der Waals surface area contributed by atoms with Crippen LogP contribution >= 0.6 is 11.8 Å². The molecule has 0 aromatic heterocycles. The van der Waals surface area contributed by atoms with Crippen molar-refractivity contribution < 1.29 is 14.4 Å². The van der Waals surface area contributed by atoms with Gasteiger partial charge >= 0.3 is 0 Å². The van der Waals surface area contributed by atoms with Gasteiger partial charge in [-0.15, -0.1) is 0 Å². The number of amides is 3. The van der Waals surface area contributed by atoms with Crippen molar-refractivity contribution in [3.8, 4) is 0 Å². The lowest BCUT2D eigenvalue weighted by Crippen LogP contribution is -2.40. The van der Waals surface area contributed by atoms with Crippen LogP contribution < -0.4 is 10.2 Å². The van der Waals surface area contributed by atoms with Gasteiger partial charge in [-0.1, -0.05) is 0 Å². The summed E-state index contributed by atoms with van der Waals surface area (Å²) >= 11 is 1.71. The molecular weight excluding hydrogens is 362 g/mol. The number of aryl methyl sites for hydroxylation is 1. The molecule has 0 saturated carbocycles. The number of hydrogen-bond acceptors (Lipinski definition) is 5. The van der Waals surface area contributed by atoms with Gasteiger partial charge in [0.05, 0.1) is 5.41 Å². The number of nitrogens with one attached hydrogen (secondary N) is 1. The molecule has 3 saturated heterocycles. The van der Waals surface area contributed by atoms with Crippen LogP contribution in [0.1, 0.15) is 31.2 Å². The molecule has 4 rings (SSSR count). The summed E-state index contributed by atoms with van der Waals surface area (Å²) in [4.78, 5) is 41.0. The lowest BCUT2D eigenvalue weighted by molar-refractivity contribution is -0.143. The van der Waals surface area contributed by atoms with Gasteiger partial charge < -0.3 is 10.2 Å². The monoisotopic (exact) mass is 387 g/mol. The first-order valence-electron chi connectivity index (χ1n) is 9.57. The van der Waals surface area contributed by atoms with Crippen molar-refractivity contribution in [3.63, 3.8) is 0 Å². The number of thioether (sulfide) groups is 1. The Hall–Kier alpha value is -2.02. The zero-order valence-electron chi connectivity index (χ0n) is 15.6. The minimum atomic E-state index is -0.560. The molecule has 3 fully saturated rings. The Balaban J connectivity index is 1.41. The van der Waals surface area contributed by atoms with Crippen molar-refractivity contribution in [2.24, 2.45) is 5.41 Å². The van der Waals surface area contributed by atoms with Crippen LogP contribution in [0.3, 0.4) is 0 Å². The number of anilines is 2. The van der Waals surface area contributed by atoms with Crippen LogP contribution in [0.4, 0.5) is 11.4 Å². The average molecular weight is 388 g/mol. The second-order valence-corrected chi connectivity index (χ2v) is 8.89. The molecule has 3 aliphatic heterocycles. The van der Waals surface area contributed by atoms with E-state index in [2.05, 4.69) is 16.3 Å². The maximum absolute atomic E-state index is 12.7. The molecular formula is C20H25N3O3S. The third kappa shape index (κ3) is 3.45. The van der Waals surface area contributed by atoms with Crippen LogP contribution in [-0.4, -0.2) is 53.8 Å². The van der Waals surface area contributed by atoms with E-state index >= 15 is 0 Å². The Morgan fingerprint density at radius 1 is 1.26 bits per heavy atom. The normalized spacial score (nSPS) is 25.1. The van der Waals surface area contributed by atoms with Crippen molar-refractivity contribution in [1.29, 1.82) is 0 Å². The van der Waals surface area contributed by atoms with Gasteiger partial charge in [0.25, 0.3) is 0 Å². The summed E-state index contributed by atoms with van der Waals surface area (Å²) in [6, 6.07) is 6.01. The molecule has 0 radical (unpaired) electrons. The van der Waals surface area contributed by atoms with E-state index in [1.807, 2.05) is 19.1 Å². The lowest BCUT2D eigenvalue weighted by atomic mass is 9.86. The Labute approximate surface area is 163 Å². The summed E-state index contributed by atoms with van der Waals surface area (Å²) in [5.74, 6) is 0.873. The smallest absolute Gasteiger partial charge is 0.244 e. The fraction of sp³-hybridized carbons (Fsp3) is 0.550. The van der Waals surface area contributed by atoms with Crippen LogP contribution in [0.2, 0.25) is 0 Å². The summed E-state index contributed by atoms with van der Waals surface area (Å²) < 4.78 is 0. The van der Waals surface area contributed by atoms with Gasteiger partial charge in [-0.05, 0) is 55.7 Å². The third-order valence-corrected chi connectivity index (χ3v) is 7.10. The van der Waals surface area contributed by atoms with Crippen LogP contribution in [0.5, 0.6) is 0 Å². The van der Waals surface area contributed by atoms with Gasteiger partial charge in [0.1, 0.15) is 6.54 Å². The molecule has 1 aromatic carbocycles. The molecule has 0 aliphatic carbocycles. The standard InChI is InChI=1S/C20H25N3O3S/c1-14-10-15(22-7-2-3-8-22)4-5-16(14)21-17(24)12-23-18(25)11-20(19(23)26)6-9-27-13-20/h4-5,10H,2-3,6-9,11-13H2,1H3,(H,21,24)/t20-/m0/s1. The predicted octanol–water partition coefficient (Wildman–Crippen LogP) is 2.42. The largest absolute Gasteiger partial charge is 0.372 e. The summed E-state index contributed by atoms with van der Waals surface area (Å²) in [5.41, 5.74) is 2.33. The van der Waals surface area contributed by atoms with E-state index in [9.17, 15) is 14.4 Å². The molecule has 0 bridgehead atoms. The highest BCUT2D eigenvalue weighted by atomic mass is 32.2. The number of hydrogen-bond donors (Lipinski definition) is 1. The zero-order valence-corrected chi connectivity index (χ0v) is 16.4. The third-order valence-electron chi connectivity index (χ3n) is 5.85. The van der Waals surface area contributed by atoms with Gasteiger partial charge in [0, 0.05) is 36.6 Å². The minimum absolute atomic E-state index is 0.172. The number of carbonyl (C=O) groups is 3. The van der Waals surface area contributed by atoms with Gasteiger partial charge in [0.15, 0.2) is 0 Å². The molecule has 1 N–H and O–H groups in total. The SMILES string of the molecule is Cc1cc(N2CCCC2)ccc1NC(=O)CN1C(=O)C[C@]2(CCSC2)C1=O. The topological polar surface area (TPSA) is 69.7 Å². The molecule has 3 amide bonds. The summed E-state index contributed by atoms with van der Waals surface area (Å²) in [6.45, 7) is 3.91. The number of imide groups is 1. The maximum Gasteiger partial charge on any atom is 0.244 e. The molecule has 6 nitrogen and oxygen atoms in total. The molecule has 3 aliphatic rings. The van der Waals surface area contributed by atoms with Crippen molar-refractivity contribution in [2.45, 2.75) is 32.6 Å². The number of benzene rings is 1. The maximum atomic E-state index is 12.7. The second-order valence-electron chi connectivity index (χ2n) is 7.79. The molecule has 144 valence electrons. The Morgan fingerprint density at radius 2 is 2.04 bits per heavy atom. The highest BCUT2D eigenvalue weighted by molar-refractivity contribution is 7.99. The fourth-order valence-electron chi connectivity index (χ4n) is 4.23. The van der Waals surface area contributed by atoms with Crippen molar-refractivity contribution >= 4 is 40.9 Å². The molecule has 1 atom stereocenters. The quantitative estimate of drug-likeness (QED) is 0.804. The van der Waals surface area contributed by atoms with E-state index in [4.69, 9.17) is 0 Å². The number of rotatable bonds is 4. The first kappa shape index (κ1) is 18.3. The van der Waals surface area contributed by atoms with Crippen molar-refractivity contribution in [1.82, 2.24) is 4.90 Å². The first-order valence-corrected chi connectivity index (χ1v) is 10.7. The Kier molecular flexibility index (Phi) is 4.88. The van der Waals surface area contributed by atoms with Crippen LogP contribution in [0, 0.1) is 12.3 Å². The molecule has 1 aromatic rings. The van der Waals surface area contributed by atoms with Crippen molar-refractivity contribution in [3.05, 3.63) is 23.8 Å². The van der Waals surface area contributed by atoms with E-state index in [0.717, 1.165) is 41.4 Å². The second kappa shape index (κ2) is 7.19. The first-order chi connectivity index (χ1) is 13.0. The number of likely N-dealkylation sites (tertiary alicyclic amines) is 1. The van der Waals surface area contributed by atoms with Crippen molar-refractivity contribution in [2.75, 3.05) is 41.4 Å². The van der Waals surface area contributed by atoms with Gasteiger partial charge in [0.2, 0.25) is 17.7 Å². The summed E-state index contributed by atoms with van der Waals surface area (Å²) in [5, 5.41) is 2.87. The fourth-order valence-corrected chi connectivity index (χ4v) is 5.67. The molecule has 7 heteroatoms. The van der Waals surface area contributed by atoms with Gasteiger partial charge in [-0.2, -0.15) is 11.8 Å². The van der Waals surface area contributed by atoms with E-state index < -0.39 is 5.41 Å². The van der Waals surface area contributed by atoms with E-state index in [-0.39, 0.29) is 30.7 Å². The molecule has 27 heavy (non-hydrogen) atoms. The van der Waals surface area contributed by atoms with E-state index in [1.54, 1.807) is 11.8 Å². The molecule has 1 spiro atoms. The highest BCUT2D eigenvalue weighted by Gasteiger charge is 2.53. The average Bonchev–Trinajstić information content (AvgIpc) is 3.36. The van der Waals surface area contributed by atoms with Crippen LogP contribution in [-0.2, 0) is 14.4 Å². The van der Waals surface area contributed by atoms with E-state index in [0.29, 0.717) is 5.75 Å². The van der Waals surface area contributed by atoms with Crippen LogP contribution in [0.25, 0.3) is 0 Å². The van der Waals surface area contributed by atoms with Gasteiger partial charge in [-0.25, -0.2) is 0 Å². The zero-order chi connectivity index (χ0) is 19.0. The highest BCUT2D eigenvalue weighted by Crippen LogP contribution is 2.44. The lowest BCUT2D eigenvalue weighted by Gasteiger charge is -2.21. The molecule has 0 unspecified atom stereocenters. The number of carbonyl (C=O) groups excluding carboxylic acids is 3.